The second-order valence-corrected chi connectivity index (χ2v) is 8.29. The van der Waals surface area contributed by atoms with Gasteiger partial charge in [0.25, 0.3) is 0 Å². The normalized spacial score (nSPS) is 30.1. The van der Waals surface area contributed by atoms with E-state index in [1.807, 2.05) is 44.7 Å². The first-order valence-corrected chi connectivity index (χ1v) is 8.85. The lowest BCUT2D eigenvalue weighted by molar-refractivity contribution is -0.0984. The van der Waals surface area contributed by atoms with Crippen molar-refractivity contribution in [3.05, 3.63) is 29.6 Å². The molecule has 0 saturated carbocycles. The van der Waals surface area contributed by atoms with Crippen molar-refractivity contribution < 1.29 is 14.6 Å². The Morgan fingerprint density at radius 1 is 1.29 bits per heavy atom. The Morgan fingerprint density at radius 2 is 1.92 bits per heavy atom. The molecule has 2 atom stereocenters. The molecule has 3 heterocycles. The summed E-state index contributed by atoms with van der Waals surface area (Å²) in [6.07, 6.45) is 5.50. The fraction of sp³-hybridized carbons (Fsp3) is 0.684. The number of hydrogen-bond acceptors (Lipinski definition) is 4. The van der Waals surface area contributed by atoms with E-state index in [1.54, 1.807) is 6.20 Å². The van der Waals surface area contributed by atoms with Gasteiger partial charge in [-0.2, -0.15) is 0 Å². The van der Waals surface area contributed by atoms with E-state index >= 15 is 0 Å². The third-order valence-electron chi connectivity index (χ3n) is 5.00. The molecule has 24 heavy (non-hydrogen) atoms. The number of ether oxygens (including phenoxy) is 1. The lowest BCUT2D eigenvalue weighted by Crippen LogP contribution is -2.59. The number of amides is 1. The van der Waals surface area contributed by atoms with Crippen LogP contribution in [0.2, 0.25) is 0 Å². The fourth-order valence-corrected chi connectivity index (χ4v) is 3.99. The number of nitrogens with zero attached hydrogens (tertiary/aromatic N) is 2. The summed E-state index contributed by atoms with van der Waals surface area (Å²) in [6, 6.07) is 3.92. The molecule has 0 aromatic carbocycles. The number of fused-ring (bicyclic) bond motifs is 2. The van der Waals surface area contributed by atoms with Crippen molar-refractivity contribution in [2.45, 2.75) is 83.1 Å². The van der Waals surface area contributed by atoms with Gasteiger partial charge in [0.1, 0.15) is 11.2 Å². The van der Waals surface area contributed by atoms with Crippen molar-refractivity contribution >= 4 is 6.09 Å². The van der Waals surface area contributed by atoms with E-state index in [9.17, 15) is 9.90 Å². The van der Waals surface area contributed by atoms with Crippen LogP contribution in [0, 0.1) is 6.92 Å². The third kappa shape index (κ3) is 3.41. The summed E-state index contributed by atoms with van der Waals surface area (Å²) in [5, 5.41) is 11.2. The molecule has 0 aliphatic carbocycles. The molecule has 2 aliphatic heterocycles. The molecular weight excluding hydrogens is 304 g/mol. The summed E-state index contributed by atoms with van der Waals surface area (Å²) in [7, 11) is 0. The molecule has 3 rings (SSSR count). The highest BCUT2D eigenvalue weighted by molar-refractivity contribution is 5.69. The number of aryl methyl sites for hydroxylation is 1. The predicted molar refractivity (Wildman–Crippen MR) is 91.6 cm³/mol. The molecular formula is C19H28N2O3. The Labute approximate surface area is 144 Å². The van der Waals surface area contributed by atoms with E-state index < -0.39 is 11.2 Å². The zero-order valence-electron chi connectivity index (χ0n) is 15.1. The third-order valence-corrected chi connectivity index (χ3v) is 5.00. The molecule has 2 fully saturated rings. The average Bonchev–Trinajstić information content (AvgIpc) is 2.44. The lowest BCUT2D eigenvalue weighted by Gasteiger charge is -2.51. The second kappa shape index (κ2) is 6.03. The monoisotopic (exact) mass is 332 g/mol. The van der Waals surface area contributed by atoms with Gasteiger partial charge in [0.15, 0.2) is 0 Å². The minimum absolute atomic E-state index is 0.0143. The minimum Gasteiger partial charge on any atom is -0.444 e. The van der Waals surface area contributed by atoms with Crippen LogP contribution in [0.25, 0.3) is 0 Å². The minimum atomic E-state index is -0.956. The lowest BCUT2D eigenvalue weighted by atomic mass is 9.74. The first-order valence-electron chi connectivity index (χ1n) is 8.85. The van der Waals surface area contributed by atoms with Gasteiger partial charge in [-0.1, -0.05) is 6.07 Å². The van der Waals surface area contributed by atoms with Crippen molar-refractivity contribution in [3.8, 4) is 0 Å². The zero-order chi connectivity index (χ0) is 17.5. The van der Waals surface area contributed by atoms with Crippen molar-refractivity contribution in [1.29, 1.82) is 0 Å². The van der Waals surface area contributed by atoms with Gasteiger partial charge >= 0.3 is 6.09 Å². The summed E-state index contributed by atoms with van der Waals surface area (Å²) < 4.78 is 5.59. The number of aromatic nitrogens is 1. The number of aliphatic hydroxyl groups is 1. The summed E-state index contributed by atoms with van der Waals surface area (Å²) >= 11 is 0. The Kier molecular flexibility index (Phi) is 4.32. The first kappa shape index (κ1) is 17.2. The van der Waals surface area contributed by atoms with Gasteiger partial charge in [0, 0.05) is 31.1 Å². The highest BCUT2D eigenvalue weighted by Crippen LogP contribution is 2.44. The van der Waals surface area contributed by atoms with E-state index in [0.29, 0.717) is 18.5 Å². The van der Waals surface area contributed by atoms with Crippen LogP contribution < -0.4 is 0 Å². The standard InChI is InChI=1S/C19H28N2O3/c1-13-8-9-16(20-12-13)19(23)10-14-6-5-7-15(11-19)21(14)17(22)24-18(2,3)4/h8-9,12,14-15,23H,5-7,10-11H2,1-4H3. The molecule has 1 aromatic rings. The van der Waals surface area contributed by atoms with Gasteiger partial charge in [0.2, 0.25) is 0 Å². The van der Waals surface area contributed by atoms with E-state index in [2.05, 4.69) is 4.98 Å². The topological polar surface area (TPSA) is 62.7 Å². The highest BCUT2D eigenvalue weighted by Gasteiger charge is 2.49. The van der Waals surface area contributed by atoms with Crippen LogP contribution in [-0.4, -0.2) is 38.8 Å². The Bertz CT molecular complexity index is 592. The molecule has 2 bridgehead atoms. The van der Waals surface area contributed by atoms with Crippen LogP contribution in [0.3, 0.4) is 0 Å². The van der Waals surface area contributed by atoms with Crippen molar-refractivity contribution in [3.63, 3.8) is 0 Å². The van der Waals surface area contributed by atoms with Gasteiger partial charge in [-0.05, 0) is 58.6 Å². The van der Waals surface area contributed by atoms with Crippen LogP contribution >= 0.6 is 0 Å². The molecule has 2 unspecified atom stereocenters. The second-order valence-electron chi connectivity index (χ2n) is 8.29. The molecule has 1 N–H and O–H groups in total. The van der Waals surface area contributed by atoms with Gasteiger partial charge in [-0.25, -0.2) is 4.79 Å². The number of piperidine rings is 2. The molecule has 2 saturated heterocycles. The van der Waals surface area contributed by atoms with Gasteiger partial charge in [0.05, 0.1) is 5.69 Å². The van der Waals surface area contributed by atoms with Crippen LogP contribution in [-0.2, 0) is 10.3 Å². The number of rotatable bonds is 1. The summed E-state index contributed by atoms with van der Waals surface area (Å²) in [6.45, 7) is 7.65. The first-order chi connectivity index (χ1) is 11.2. The summed E-state index contributed by atoms with van der Waals surface area (Å²) in [4.78, 5) is 18.9. The highest BCUT2D eigenvalue weighted by atomic mass is 16.6. The quantitative estimate of drug-likeness (QED) is 0.854. The summed E-state index contributed by atoms with van der Waals surface area (Å²) in [5.41, 5.74) is 0.335. The van der Waals surface area contributed by atoms with Gasteiger partial charge in [-0.3, -0.25) is 4.98 Å². The Morgan fingerprint density at radius 3 is 2.42 bits per heavy atom. The van der Waals surface area contributed by atoms with Crippen LogP contribution in [0.15, 0.2) is 18.3 Å². The molecule has 5 nitrogen and oxygen atoms in total. The fourth-order valence-electron chi connectivity index (χ4n) is 3.99. The molecule has 0 radical (unpaired) electrons. The van der Waals surface area contributed by atoms with Crippen molar-refractivity contribution in [2.24, 2.45) is 0 Å². The maximum atomic E-state index is 12.6. The molecule has 1 amide bonds. The largest absolute Gasteiger partial charge is 0.444 e. The number of carbonyl (C=O) groups is 1. The summed E-state index contributed by atoms with van der Waals surface area (Å²) in [5.74, 6) is 0. The van der Waals surface area contributed by atoms with Crippen LogP contribution in [0.1, 0.15) is 64.1 Å². The number of carbonyl (C=O) groups excluding carboxylic acids is 1. The maximum absolute atomic E-state index is 12.6. The van der Waals surface area contributed by atoms with E-state index in [1.165, 1.54) is 0 Å². The van der Waals surface area contributed by atoms with Gasteiger partial charge in [-0.15, -0.1) is 0 Å². The van der Waals surface area contributed by atoms with Gasteiger partial charge < -0.3 is 14.7 Å². The van der Waals surface area contributed by atoms with E-state index in [0.717, 1.165) is 24.8 Å². The Balaban J connectivity index is 1.82. The predicted octanol–water partition coefficient (Wildman–Crippen LogP) is 3.53. The van der Waals surface area contributed by atoms with E-state index in [4.69, 9.17) is 4.74 Å². The van der Waals surface area contributed by atoms with Crippen molar-refractivity contribution in [1.82, 2.24) is 9.88 Å². The number of hydrogen-bond donors (Lipinski definition) is 1. The van der Waals surface area contributed by atoms with Crippen molar-refractivity contribution in [2.75, 3.05) is 0 Å². The Hall–Kier alpha value is -1.62. The molecule has 132 valence electrons. The molecule has 1 aromatic heterocycles. The maximum Gasteiger partial charge on any atom is 0.410 e. The molecule has 5 heteroatoms. The SMILES string of the molecule is Cc1ccc(C2(O)CC3CCCC(C2)N3C(=O)OC(C)(C)C)nc1. The molecule has 2 aliphatic rings. The van der Waals surface area contributed by atoms with Crippen LogP contribution in [0.4, 0.5) is 4.79 Å². The smallest absolute Gasteiger partial charge is 0.410 e. The molecule has 0 spiro atoms. The zero-order valence-corrected chi connectivity index (χ0v) is 15.1. The van der Waals surface area contributed by atoms with Crippen LogP contribution in [0.5, 0.6) is 0 Å². The number of pyridine rings is 1. The average molecular weight is 332 g/mol. The van der Waals surface area contributed by atoms with E-state index in [-0.39, 0.29) is 18.2 Å².